The highest BCUT2D eigenvalue weighted by Gasteiger charge is 2.45. The van der Waals surface area contributed by atoms with Gasteiger partial charge in [0.2, 0.25) is 11.8 Å². The molecular formula is C32H48N6O2. The van der Waals surface area contributed by atoms with Crippen LogP contribution in [0.1, 0.15) is 100 Å². The summed E-state index contributed by atoms with van der Waals surface area (Å²) in [7, 11) is 0. The van der Waals surface area contributed by atoms with Gasteiger partial charge in [0, 0.05) is 49.7 Å². The Morgan fingerprint density at radius 1 is 1.05 bits per heavy atom. The molecule has 0 bridgehead atoms. The second-order valence-electron chi connectivity index (χ2n) is 13.0. The van der Waals surface area contributed by atoms with Crippen molar-refractivity contribution in [3.8, 4) is 0 Å². The Morgan fingerprint density at radius 3 is 2.38 bits per heavy atom. The lowest BCUT2D eigenvalue weighted by Gasteiger charge is -2.36. The minimum atomic E-state index is -0.296. The molecule has 0 radical (unpaired) electrons. The van der Waals surface area contributed by atoms with E-state index in [1.165, 1.54) is 24.8 Å². The van der Waals surface area contributed by atoms with E-state index in [-0.39, 0.29) is 23.7 Å². The fraction of sp³-hybridized carbons (Fsp3) is 0.688. The molecule has 218 valence electrons. The Balaban J connectivity index is 1.40. The number of hydrogen-bond donors (Lipinski definition) is 1. The number of rotatable bonds is 11. The maximum Gasteiger partial charge on any atom is 0.236 e. The number of nitrogens with zero attached hydrogens (tertiary/aromatic N) is 5. The molecule has 3 fully saturated rings. The van der Waals surface area contributed by atoms with Crippen LogP contribution in [0.4, 0.5) is 5.69 Å². The van der Waals surface area contributed by atoms with Gasteiger partial charge < -0.3 is 14.8 Å². The van der Waals surface area contributed by atoms with Crippen LogP contribution in [0.5, 0.6) is 0 Å². The average Bonchev–Trinajstić information content (AvgIpc) is 3.49. The maximum absolute atomic E-state index is 13.9. The van der Waals surface area contributed by atoms with Gasteiger partial charge in [0.05, 0.1) is 12.5 Å². The van der Waals surface area contributed by atoms with Crippen LogP contribution in [0.2, 0.25) is 0 Å². The van der Waals surface area contributed by atoms with E-state index in [1.54, 1.807) is 0 Å². The predicted molar refractivity (Wildman–Crippen MR) is 158 cm³/mol. The summed E-state index contributed by atoms with van der Waals surface area (Å²) in [6.45, 7) is 15.6. The van der Waals surface area contributed by atoms with Gasteiger partial charge >= 0.3 is 0 Å². The standard InChI is InChI=1S/C32H48N6O2/c1-7-37(8-2)29(39)19-36-17-26(27(18-36)32(40)33-28-12-9-21(5)14-22(28)6)31-35-34-30(38(31)25-10-11-25)24-15-23(16-24)13-20(3)4/h9,12,14,20,23-27H,7-8,10-11,13,15-19H2,1-6H3,(H,33,40)/t23-,24+,26-,27-/m0/s1. The van der Waals surface area contributed by atoms with Crippen LogP contribution in [0, 0.1) is 31.6 Å². The van der Waals surface area contributed by atoms with Crippen LogP contribution in [0.25, 0.3) is 0 Å². The lowest BCUT2D eigenvalue weighted by atomic mass is 9.71. The Hall–Kier alpha value is -2.74. The highest BCUT2D eigenvalue weighted by atomic mass is 16.2. The molecule has 2 aliphatic carbocycles. The molecule has 8 heteroatoms. The number of aryl methyl sites for hydroxylation is 2. The molecule has 0 spiro atoms. The number of likely N-dealkylation sites (tertiary alicyclic amines) is 1. The molecule has 8 nitrogen and oxygen atoms in total. The molecule has 40 heavy (non-hydrogen) atoms. The first-order chi connectivity index (χ1) is 19.2. The first kappa shape index (κ1) is 28.8. The Kier molecular flexibility index (Phi) is 8.64. The SMILES string of the molecule is CCN(CC)C(=O)CN1C[C@H](C(=O)Nc2ccc(C)cc2C)[C@@H](c2nnc([C@H]3C[C@@H](CC(C)C)C3)n2C2CC2)C1. The smallest absolute Gasteiger partial charge is 0.236 e. The molecule has 3 aliphatic rings. The minimum Gasteiger partial charge on any atom is -0.342 e. The van der Waals surface area contributed by atoms with Gasteiger partial charge in [0.1, 0.15) is 11.6 Å². The predicted octanol–water partition coefficient (Wildman–Crippen LogP) is 5.29. The first-order valence-electron chi connectivity index (χ1n) is 15.5. The number of benzene rings is 1. The summed E-state index contributed by atoms with van der Waals surface area (Å²) in [6, 6.07) is 6.56. The summed E-state index contributed by atoms with van der Waals surface area (Å²) in [4.78, 5) is 30.9. The highest BCUT2D eigenvalue weighted by Crippen LogP contribution is 2.48. The fourth-order valence-electron chi connectivity index (χ4n) is 6.95. The number of aromatic nitrogens is 3. The zero-order valence-electron chi connectivity index (χ0n) is 25.3. The molecule has 0 unspecified atom stereocenters. The quantitative estimate of drug-likeness (QED) is 0.412. The molecule has 2 heterocycles. The van der Waals surface area contributed by atoms with Crippen molar-refractivity contribution in [2.24, 2.45) is 17.8 Å². The summed E-state index contributed by atoms with van der Waals surface area (Å²) in [5.41, 5.74) is 3.08. The van der Waals surface area contributed by atoms with E-state index in [4.69, 9.17) is 10.2 Å². The minimum absolute atomic E-state index is 0.00211. The van der Waals surface area contributed by atoms with Crippen LogP contribution >= 0.6 is 0 Å². The van der Waals surface area contributed by atoms with E-state index in [0.717, 1.165) is 47.6 Å². The zero-order valence-corrected chi connectivity index (χ0v) is 25.3. The highest BCUT2D eigenvalue weighted by molar-refractivity contribution is 5.94. The van der Waals surface area contributed by atoms with Gasteiger partial charge in [-0.15, -0.1) is 10.2 Å². The zero-order chi connectivity index (χ0) is 28.6. The van der Waals surface area contributed by atoms with Gasteiger partial charge in [-0.2, -0.15) is 0 Å². The number of likely N-dealkylation sites (N-methyl/N-ethyl adjacent to an activating group) is 1. The molecule has 1 aromatic carbocycles. The van der Waals surface area contributed by atoms with Crippen LogP contribution in [-0.4, -0.2) is 69.1 Å². The number of carbonyl (C=O) groups is 2. The van der Waals surface area contributed by atoms with E-state index in [0.29, 0.717) is 44.7 Å². The monoisotopic (exact) mass is 548 g/mol. The van der Waals surface area contributed by atoms with Crippen LogP contribution in [0.3, 0.4) is 0 Å². The van der Waals surface area contributed by atoms with Crippen LogP contribution in [0.15, 0.2) is 18.2 Å². The molecule has 1 saturated heterocycles. The number of carbonyl (C=O) groups excluding carboxylic acids is 2. The number of hydrogen-bond acceptors (Lipinski definition) is 5. The van der Waals surface area contributed by atoms with Crippen molar-refractivity contribution in [1.29, 1.82) is 0 Å². The summed E-state index contributed by atoms with van der Waals surface area (Å²) in [6.07, 6.45) is 5.95. The topological polar surface area (TPSA) is 83.4 Å². The van der Waals surface area contributed by atoms with Gasteiger partial charge in [-0.3, -0.25) is 14.5 Å². The molecule has 2 aromatic rings. The Labute approximate surface area is 239 Å². The lowest BCUT2D eigenvalue weighted by molar-refractivity contribution is -0.132. The summed E-state index contributed by atoms with van der Waals surface area (Å²) in [5.74, 6) is 3.78. The van der Waals surface area contributed by atoms with Gasteiger partial charge in [-0.1, -0.05) is 31.5 Å². The summed E-state index contributed by atoms with van der Waals surface area (Å²) < 4.78 is 2.41. The maximum atomic E-state index is 13.9. The van der Waals surface area contributed by atoms with Crippen molar-refractivity contribution in [3.05, 3.63) is 41.0 Å². The van der Waals surface area contributed by atoms with Crippen molar-refractivity contribution in [2.45, 2.75) is 91.5 Å². The Bertz CT molecular complexity index is 1210. The van der Waals surface area contributed by atoms with Gasteiger partial charge in [0.15, 0.2) is 0 Å². The molecule has 1 aromatic heterocycles. The molecule has 1 N–H and O–H groups in total. The molecular weight excluding hydrogens is 500 g/mol. The number of anilines is 1. The van der Waals surface area contributed by atoms with Crippen molar-refractivity contribution >= 4 is 17.5 Å². The first-order valence-corrected chi connectivity index (χ1v) is 15.5. The van der Waals surface area contributed by atoms with E-state index in [9.17, 15) is 9.59 Å². The van der Waals surface area contributed by atoms with Crippen LogP contribution in [-0.2, 0) is 9.59 Å². The number of amides is 2. The Morgan fingerprint density at radius 2 is 1.75 bits per heavy atom. The molecule has 2 atom stereocenters. The van der Waals surface area contributed by atoms with E-state index < -0.39 is 0 Å². The fourth-order valence-corrected chi connectivity index (χ4v) is 6.95. The third-order valence-electron chi connectivity index (χ3n) is 9.24. The molecule has 2 amide bonds. The van der Waals surface area contributed by atoms with Crippen molar-refractivity contribution in [1.82, 2.24) is 24.6 Å². The lowest BCUT2D eigenvalue weighted by Crippen LogP contribution is -2.39. The third-order valence-corrected chi connectivity index (χ3v) is 9.24. The van der Waals surface area contributed by atoms with Gasteiger partial charge in [-0.05, 0) is 83.3 Å². The number of nitrogens with one attached hydrogen (secondary N) is 1. The van der Waals surface area contributed by atoms with Crippen molar-refractivity contribution in [2.75, 3.05) is 38.0 Å². The van der Waals surface area contributed by atoms with Crippen molar-refractivity contribution in [3.63, 3.8) is 0 Å². The molecule has 1 aliphatic heterocycles. The van der Waals surface area contributed by atoms with Gasteiger partial charge in [-0.25, -0.2) is 0 Å². The largest absolute Gasteiger partial charge is 0.342 e. The van der Waals surface area contributed by atoms with E-state index >= 15 is 0 Å². The third kappa shape index (κ3) is 6.12. The second-order valence-corrected chi connectivity index (χ2v) is 13.0. The van der Waals surface area contributed by atoms with E-state index in [1.807, 2.05) is 37.8 Å². The summed E-state index contributed by atoms with van der Waals surface area (Å²) >= 11 is 0. The summed E-state index contributed by atoms with van der Waals surface area (Å²) in [5, 5.41) is 12.8. The van der Waals surface area contributed by atoms with Gasteiger partial charge in [0.25, 0.3) is 0 Å². The molecule has 5 rings (SSSR count). The van der Waals surface area contributed by atoms with Crippen LogP contribution < -0.4 is 5.32 Å². The normalized spacial score (nSPS) is 24.8. The average molecular weight is 549 g/mol. The second kappa shape index (κ2) is 12.0. The molecule has 2 saturated carbocycles. The van der Waals surface area contributed by atoms with Crippen molar-refractivity contribution < 1.29 is 9.59 Å². The van der Waals surface area contributed by atoms with E-state index in [2.05, 4.69) is 41.6 Å².